The summed E-state index contributed by atoms with van der Waals surface area (Å²) in [5.74, 6) is 0.889. The maximum atomic E-state index is 5.21. The molecule has 0 saturated heterocycles. The van der Waals surface area contributed by atoms with Gasteiger partial charge in [-0.15, -0.1) is 5.10 Å². The van der Waals surface area contributed by atoms with Crippen LogP contribution in [0.4, 0.5) is 0 Å². The van der Waals surface area contributed by atoms with E-state index in [0.29, 0.717) is 6.54 Å². The molecule has 0 saturated carbocycles. The number of hydrogen-bond acceptors (Lipinski definition) is 3. The summed E-state index contributed by atoms with van der Waals surface area (Å²) in [7, 11) is 0. The van der Waals surface area contributed by atoms with Gasteiger partial charge in [0, 0.05) is 17.9 Å². The Morgan fingerprint density at radius 1 is 1.50 bits per heavy atom. The number of hydrogen-bond donors (Lipinski definition) is 0. The second-order valence-electron chi connectivity index (χ2n) is 2.93. The molecule has 2 aromatic heterocycles. The van der Waals surface area contributed by atoms with E-state index in [2.05, 4.69) is 26.2 Å². The van der Waals surface area contributed by atoms with Crippen LogP contribution in [-0.2, 0) is 13.0 Å². The Morgan fingerprint density at radius 2 is 2.43 bits per heavy atom. The van der Waals surface area contributed by atoms with E-state index >= 15 is 0 Å². The van der Waals surface area contributed by atoms with Crippen molar-refractivity contribution in [2.24, 2.45) is 0 Å². The molecule has 0 fully saturated rings. The minimum atomic E-state index is 0.641. The molecule has 0 radical (unpaired) electrons. The van der Waals surface area contributed by atoms with Crippen molar-refractivity contribution < 1.29 is 4.42 Å². The molecule has 0 N–H and O–H groups in total. The summed E-state index contributed by atoms with van der Waals surface area (Å²) in [4.78, 5) is 0. The summed E-state index contributed by atoms with van der Waals surface area (Å²) in [6.07, 6.45) is 4.49. The van der Waals surface area contributed by atoms with E-state index in [9.17, 15) is 0 Å². The normalized spacial score (nSPS) is 10.6. The smallest absolute Gasteiger partial charge is 0.125 e. The lowest BCUT2D eigenvalue weighted by Gasteiger charge is -1.94. The van der Waals surface area contributed by atoms with Gasteiger partial charge in [0.2, 0.25) is 0 Å². The summed E-state index contributed by atoms with van der Waals surface area (Å²) in [6.45, 7) is 0.641. The predicted molar refractivity (Wildman–Crippen MR) is 55.3 cm³/mol. The average Bonchev–Trinajstić information content (AvgIpc) is 2.79. The Kier molecular flexibility index (Phi) is 2.98. The van der Waals surface area contributed by atoms with Crippen LogP contribution >= 0.6 is 15.9 Å². The van der Waals surface area contributed by atoms with Gasteiger partial charge in [-0.05, 0) is 12.1 Å². The summed E-state index contributed by atoms with van der Waals surface area (Å²) in [6, 6.07) is 3.79. The molecule has 0 aliphatic heterocycles. The van der Waals surface area contributed by atoms with Crippen molar-refractivity contribution in [2.75, 3.05) is 5.33 Å². The number of alkyl halides is 1. The Labute approximate surface area is 90.0 Å². The van der Waals surface area contributed by atoms with Crippen LogP contribution in [0.5, 0.6) is 0 Å². The van der Waals surface area contributed by atoms with Gasteiger partial charge in [0.1, 0.15) is 12.3 Å². The van der Waals surface area contributed by atoms with Gasteiger partial charge in [0.25, 0.3) is 0 Å². The first-order valence-electron chi connectivity index (χ1n) is 4.36. The number of furan rings is 1. The second-order valence-corrected chi connectivity index (χ2v) is 3.72. The molecule has 0 aliphatic carbocycles. The van der Waals surface area contributed by atoms with Gasteiger partial charge in [0.15, 0.2) is 0 Å². The van der Waals surface area contributed by atoms with Gasteiger partial charge < -0.3 is 4.42 Å². The molecule has 14 heavy (non-hydrogen) atoms. The van der Waals surface area contributed by atoms with Crippen molar-refractivity contribution in [2.45, 2.75) is 13.0 Å². The van der Waals surface area contributed by atoms with Gasteiger partial charge in [0.05, 0.1) is 12.0 Å². The van der Waals surface area contributed by atoms with Crippen LogP contribution in [0.15, 0.2) is 29.0 Å². The van der Waals surface area contributed by atoms with Gasteiger partial charge in [-0.1, -0.05) is 21.1 Å². The molecule has 0 amide bonds. The topological polar surface area (TPSA) is 43.9 Å². The number of rotatable bonds is 4. The zero-order valence-electron chi connectivity index (χ0n) is 7.56. The SMILES string of the molecule is BrCCc1cn(Cc2ccco2)nn1. The van der Waals surface area contributed by atoms with Crippen LogP contribution < -0.4 is 0 Å². The molecule has 0 spiro atoms. The van der Waals surface area contributed by atoms with Crippen LogP contribution in [0, 0.1) is 0 Å². The van der Waals surface area contributed by atoms with Crippen molar-refractivity contribution in [3.05, 3.63) is 36.0 Å². The van der Waals surface area contributed by atoms with Crippen LogP contribution in [0.2, 0.25) is 0 Å². The van der Waals surface area contributed by atoms with Gasteiger partial charge in [-0.3, -0.25) is 0 Å². The van der Waals surface area contributed by atoms with Gasteiger partial charge in [-0.2, -0.15) is 0 Å². The third kappa shape index (κ3) is 2.23. The number of aryl methyl sites for hydroxylation is 1. The van der Waals surface area contributed by atoms with E-state index in [0.717, 1.165) is 23.2 Å². The Bertz CT molecular complexity index is 382. The fraction of sp³-hybridized carbons (Fsp3) is 0.333. The van der Waals surface area contributed by atoms with Crippen molar-refractivity contribution >= 4 is 15.9 Å². The van der Waals surface area contributed by atoms with Crippen molar-refractivity contribution in [1.82, 2.24) is 15.0 Å². The van der Waals surface area contributed by atoms with Crippen molar-refractivity contribution in [3.63, 3.8) is 0 Å². The predicted octanol–water partition coefficient (Wildman–Crippen LogP) is 1.86. The first-order chi connectivity index (χ1) is 6.88. The minimum absolute atomic E-state index is 0.641. The Balaban J connectivity index is 2.03. The number of halogens is 1. The van der Waals surface area contributed by atoms with Crippen molar-refractivity contribution in [3.8, 4) is 0 Å². The Hall–Kier alpha value is -1.10. The van der Waals surface area contributed by atoms with E-state index in [-0.39, 0.29) is 0 Å². The lowest BCUT2D eigenvalue weighted by atomic mass is 10.4. The molecule has 0 aromatic carbocycles. The van der Waals surface area contributed by atoms with E-state index in [1.54, 1.807) is 10.9 Å². The largest absolute Gasteiger partial charge is 0.467 e. The molecule has 2 rings (SSSR count). The summed E-state index contributed by atoms with van der Waals surface area (Å²) in [5, 5.41) is 8.93. The monoisotopic (exact) mass is 255 g/mol. The maximum Gasteiger partial charge on any atom is 0.125 e. The van der Waals surface area contributed by atoms with Gasteiger partial charge >= 0.3 is 0 Å². The second kappa shape index (κ2) is 4.41. The van der Waals surface area contributed by atoms with Crippen LogP contribution in [0.3, 0.4) is 0 Å². The number of aromatic nitrogens is 3. The van der Waals surface area contributed by atoms with E-state index in [4.69, 9.17) is 4.42 Å². The quantitative estimate of drug-likeness (QED) is 0.784. The highest BCUT2D eigenvalue weighted by atomic mass is 79.9. The zero-order chi connectivity index (χ0) is 9.80. The maximum absolute atomic E-state index is 5.21. The fourth-order valence-electron chi connectivity index (χ4n) is 1.19. The minimum Gasteiger partial charge on any atom is -0.467 e. The first-order valence-corrected chi connectivity index (χ1v) is 5.48. The summed E-state index contributed by atoms with van der Waals surface area (Å²) in [5.41, 5.74) is 0.994. The van der Waals surface area contributed by atoms with E-state index < -0.39 is 0 Å². The summed E-state index contributed by atoms with van der Waals surface area (Å²) >= 11 is 3.36. The third-order valence-corrected chi connectivity index (χ3v) is 2.23. The summed E-state index contributed by atoms with van der Waals surface area (Å²) < 4.78 is 6.98. The molecular weight excluding hydrogens is 246 g/mol. The van der Waals surface area contributed by atoms with E-state index in [1.165, 1.54) is 0 Å². The molecule has 74 valence electrons. The average molecular weight is 256 g/mol. The molecular formula is C9H10BrN3O. The lowest BCUT2D eigenvalue weighted by molar-refractivity contribution is 0.475. The molecule has 0 bridgehead atoms. The highest BCUT2D eigenvalue weighted by Gasteiger charge is 2.01. The molecule has 0 atom stereocenters. The highest BCUT2D eigenvalue weighted by molar-refractivity contribution is 9.09. The Morgan fingerprint density at radius 3 is 3.14 bits per heavy atom. The fourth-order valence-corrected chi connectivity index (χ4v) is 1.60. The lowest BCUT2D eigenvalue weighted by Crippen LogP contribution is -1.98. The van der Waals surface area contributed by atoms with Gasteiger partial charge in [-0.25, -0.2) is 4.68 Å². The molecule has 0 aliphatic rings. The van der Waals surface area contributed by atoms with Crippen LogP contribution in [0.25, 0.3) is 0 Å². The zero-order valence-corrected chi connectivity index (χ0v) is 9.14. The van der Waals surface area contributed by atoms with Crippen LogP contribution in [-0.4, -0.2) is 20.3 Å². The number of nitrogens with zero attached hydrogens (tertiary/aromatic N) is 3. The molecule has 2 aromatic rings. The van der Waals surface area contributed by atoms with Crippen molar-refractivity contribution in [1.29, 1.82) is 0 Å². The first kappa shape index (κ1) is 9.45. The standard InChI is InChI=1S/C9H10BrN3O/c10-4-3-8-6-13(12-11-8)7-9-2-1-5-14-9/h1-2,5-6H,3-4,7H2. The molecule has 0 unspecified atom stereocenters. The molecule has 2 heterocycles. The van der Waals surface area contributed by atoms with Crippen LogP contribution in [0.1, 0.15) is 11.5 Å². The van der Waals surface area contributed by atoms with E-state index in [1.807, 2.05) is 18.3 Å². The highest BCUT2D eigenvalue weighted by Crippen LogP contribution is 2.03. The molecule has 5 heteroatoms. The third-order valence-electron chi connectivity index (χ3n) is 1.83. The molecule has 4 nitrogen and oxygen atoms in total.